The summed E-state index contributed by atoms with van der Waals surface area (Å²) in [5, 5.41) is 4.16. The van der Waals surface area contributed by atoms with Crippen molar-refractivity contribution in [2.75, 3.05) is 33.3 Å². The minimum atomic E-state index is -2.95. The van der Waals surface area contributed by atoms with Crippen molar-refractivity contribution in [2.45, 2.75) is 13.2 Å². The molecule has 1 aliphatic heterocycles. The number of benzene rings is 1. The van der Waals surface area contributed by atoms with Gasteiger partial charge in [-0.1, -0.05) is 0 Å². The molecule has 0 unspecified atom stereocenters. The Bertz CT molecular complexity index is 789. The van der Waals surface area contributed by atoms with Gasteiger partial charge in [-0.05, 0) is 18.2 Å². The largest absolute Gasteiger partial charge is 0.493 e. The summed E-state index contributed by atoms with van der Waals surface area (Å²) < 4.78 is 36.1. The Morgan fingerprint density at radius 1 is 1.22 bits per heavy atom. The van der Waals surface area contributed by atoms with Crippen molar-refractivity contribution in [1.82, 2.24) is 19.6 Å². The van der Waals surface area contributed by atoms with Gasteiger partial charge in [0.05, 0.1) is 13.3 Å². The van der Waals surface area contributed by atoms with E-state index >= 15 is 0 Å². The van der Waals surface area contributed by atoms with E-state index in [4.69, 9.17) is 4.74 Å². The first kappa shape index (κ1) is 19.1. The zero-order valence-electron chi connectivity index (χ0n) is 15.3. The van der Waals surface area contributed by atoms with Crippen LogP contribution in [0.5, 0.6) is 11.5 Å². The van der Waals surface area contributed by atoms with Gasteiger partial charge >= 0.3 is 6.61 Å². The van der Waals surface area contributed by atoms with E-state index in [0.717, 1.165) is 25.2 Å². The van der Waals surface area contributed by atoms with Gasteiger partial charge in [0.1, 0.15) is 0 Å². The average Bonchev–Trinajstić information content (AvgIpc) is 3.06. The molecule has 146 valence electrons. The van der Waals surface area contributed by atoms with Crippen LogP contribution in [0, 0.1) is 0 Å². The maximum Gasteiger partial charge on any atom is 0.387 e. The Labute approximate surface area is 156 Å². The minimum Gasteiger partial charge on any atom is -0.493 e. The number of nitrogens with zero attached hydrogens (tertiary/aromatic N) is 4. The van der Waals surface area contributed by atoms with Crippen molar-refractivity contribution in [3.8, 4) is 11.5 Å². The molecule has 0 aliphatic carbocycles. The Hall–Kier alpha value is -2.68. The van der Waals surface area contributed by atoms with Crippen LogP contribution in [0.2, 0.25) is 0 Å². The van der Waals surface area contributed by atoms with Crippen molar-refractivity contribution >= 4 is 5.91 Å². The molecule has 0 saturated carbocycles. The third-order valence-corrected chi connectivity index (χ3v) is 4.45. The quantitative estimate of drug-likeness (QED) is 0.767. The Morgan fingerprint density at radius 2 is 1.96 bits per heavy atom. The highest BCUT2D eigenvalue weighted by atomic mass is 19.3. The molecule has 9 heteroatoms. The minimum absolute atomic E-state index is 0.0923. The summed E-state index contributed by atoms with van der Waals surface area (Å²) >= 11 is 0. The molecule has 2 aromatic rings. The van der Waals surface area contributed by atoms with Gasteiger partial charge in [0.2, 0.25) is 0 Å². The van der Waals surface area contributed by atoms with Crippen molar-refractivity contribution in [3.63, 3.8) is 0 Å². The monoisotopic (exact) mass is 380 g/mol. The zero-order valence-corrected chi connectivity index (χ0v) is 15.3. The van der Waals surface area contributed by atoms with Crippen molar-refractivity contribution in [2.24, 2.45) is 7.05 Å². The summed E-state index contributed by atoms with van der Waals surface area (Å²) in [5.74, 6) is -0.139. The van der Waals surface area contributed by atoms with Gasteiger partial charge in [0.25, 0.3) is 5.91 Å². The molecule has 1 saturated heterocycles. The molecule has 7 nitrogen and oxygen atoms in total. The van der Waals surface area contributed by atoms with E-state index in [2.05, 4.69) is 14.7 Å². The lowest BCUT2D eigenvalue weighted by Gasteiger charge is -2.34. The first-order chi connectivity index (χ1) is 13.0. The summed E-state index contributed by atoms with van der Waals surface area (Å²) in [7, 11) is 3.23. The number of alkyl halides is 2. The average molecular weight is 380 g/mol. The molecule has 1 aromatic heterocycles. The number of rotatable bonds is 6. The van der Waals surface area contributed by atoms with Gasteiger partial charge in [0, 0.05) is 57.1 Å². The molecule has 0 radical (unpaired) electrons. The van der Waals surface area contributed by atoms with Crippen LogP contribution in [0.1, 0.15) is 15.9 Å². The molecule has 0 bridgehead atoms. The number of hydrogen-bond donors (Lipinski definition) is 0. The number of hydrogen-bond acceptors (Lipinski definition) is 5. The zero-order chi connectivity index (χ0) is 19.4. The maximum absolute atomic E-state index is 12.7. The molecule has 27 heavy (non-hydrogen) atoms. The Morgan fingerprint density at radius 3 is 2.56 bits per heavy atom. The van der Waals surface area contributed by atoms with Gasteiger partial charge < -0.3 is 14.4 Å². The standard InChI is InChI=1S/C18H22F2N4O3/c1-22-11-13(10-21-22)12-23-5-7-24(8-6-23)17(25)14-3-4-15(27-18(19)20)16(9-14)26-2/h3-4,9-11,18H,5-8,12H2,1-2H3. The second-order valence-electron chi connectivity index (χ2n) is 6.33. The molecule has 1 fully saturated rings. The second-order valence-corrected chi connectivity index (χ2v) is 6.33. The molecule has 0 N–H and O–H groups in total. The van der Waals surface area contributed by atoms with Crippen LogP contribution < -0.4 is 9.47 Å². The predicted octanol–water partition coefficient (Wildman–Crippen LogP) is 1.99. The first-order valence-corrected chi connectivity index (χ1v) is 8.58. The number of piperazine rings is 1. The molecule has 1 aliphatic rings. The topological polar surface area (TPSA) is 59.8 Å². The normalized spacial score (nSPS) is 15.2. The van der Waals surface area contributed by atoms with Gasteiger partial charge in [-0.2, -0.15) is 13.9 Å². The van der Waals surface area contributed by atoms with Crippen molar-refractivity contribution in [3.05, 3.63) is 41.7 Å². The van der Waals surface area contributed by atoms with Crippen LogP contribution in [-0.2, 0) is 13.6 Å². The number of aryl methyl sites for hydroxylation is 1. The number of carbonyl (C=O) groups is 1. The summed E-state index contributed by atoms with van der Waals surface area (Å²) in [6.07, 6.45) is 3.82. The van der Waals surface area contributed by atoms with Crippen molar-refractivity contribution in [1.29, 1.82) is 0 Å². The number of methoxy groups -OCH3 is 1. The lowest BCUT2D eigenvalue weighted by Crippen LogP contribution is -2.48. The van der Waals surface area contributed by atoms with E-state index in [0.29, 0.717) is 18.7 Å². The van der Waals surface area contributed by atoms with E-state index in [1.54, 1.807) is 9.58 Å². The number of amides is 1. The molecule has 3 rings (SSSR count). The highest BCUT2D eigenvalue weighted by molar-refractivity contribution is 5.95. The Kier molecular flexibility index (Phi) is 5.90. The fourth-order valence-electron chi connectivity index (χ4n) is 3.10. The van der Waals surface area contributed by atoms with E-state index in [-0.39, 0.29) is 17.4 Å². The number of aromatic nitrogens is 2. The highest BCUT2D eigenvalue weighted by Crippen LogP contribution is 2.30. The summed E-state index contributed by atoms with van der Waals surface area (Å²) in [6.45, 7) is 0.541. The summed E-state index contributed by atoms with van der Waals surface area (Å²) in [6, 6.07) is 4.24. The van der Waals surface area contributed by atoms with Crippen LogP contribution >= 0.6 is 0 Å². The van der Waals surface area contributed by atoms with Crippen molar-refractivity contribution < 1.29 is 23.0 Å². The number of carbonyl (C=O) groups excluding carboxylic acids is 1. The molecule has 0 spiro atoms. The third kappa shape index (κ3) is 4.73. The van der Waals surface area contributed by atoms with E-state index in [1.165, 1.54) is 25.3 Å². The molecule has 1 aromatic carbocycles. The van der Waals surface area contributed by atoms with Crippen LogP contribution in [0.4, 0.5) is 8.78 Å². The maximum atomic E-state index is 12.7. The smallest absolute Gasteiger partial charge is 0.387 e. The lowest BCUT2D eigenvalue weighted by atomic mass is 10.1. The number of halogens is 2. The van der Waals surface area contributed by atoms with Crippen LogP contribution in [0.3, 0.4) is 0 Å². The fourth-order valence-corrected chi connectivity index (χ4v) is 3.10. The number of ether oxygens (including phenoxy) is 2. The lowest BCUT2D eigenvalue weighted by molar-refractivity contribution is -0.0512. The van der Waals surface area contributed by atoms with Gasteiger partial charge in [-0.15, -0.1) is 0 Å². The van der Waals surface area contributed by atoms with Crippen LogP contribution in [-0.4, -0.2) is 65.4 Å². The molecule has 1 amide bonds. The second kappa shape index (κ2) is 8.34. The van der Waals surface area contributed by atoms with Crippen LogP contribution in [0.25, 0.3) is 0 Å². The SMILES string of the molecule is COc1cc(C(=O)N2CCN(Cc3cnn(C)c3)CC2)ccc1OC(F)F. The highest BCUT2D eigenvalue weighted by Gasteiger charge is 2.23. The third-order valence-electron chi connectivity index (χ3n) is 4.45. The molecular formula is C18H22F2N4O3. The summed E-state index contributed by atoms with van der Waals surface area (Å²) in [4.78, 5) is 16.7. The van der Waals surface area contributed by atoms with Gasteiger partial charge in [0.15, 0.2) is 11.5 Å². The Balaban J connectivity index is 1.60. The molecular weight excluding hydrogens is 358 g/mol. The summed E-state index contributed by atoms with van der Waals surface area (Å²) in [5.41, 5.74) is 1.52. The van der Waals surface area contributed by atoms with E-state index in [1.807, 2.05) is 19.4 Å². The van der Waals surface area contributed by atoms with Crippen LogP contribution in [0.15, 0.2) is 30.6 Å². The first-order valence-electron chi connectivity index (χ1n) is 8.58. The molecule has 2 heterocycles. The predicted molar refractivity (Wildman–Crippen MR) is 94.0 cm³/mol. The molecule has 0 atom stereocenters. The van der Waals surface area contributed by atoms with E-state index < -0.39 is 6.61 Å². The fraction of sp³-hybridized carbons (Fsp3) is 0.444. The van der Waals surface area contributed by atoms with Gasteiger partial charge in [-0.3, -0.25) is 14.4 Å². The van der Waals surface area contributed by atoms with Gasteiger partial charge in [-0.25, -0.2) is 0 Å². The van der Waals surface area contributed by atoms with E-state index in [9.17, 15) is 13.6 Å².